The van der Waals surface area contributed by atoms with Crippen LogP contribution < -0.4 is 10.6 Å². The fourth-order valence-electron chi connectivity index (χ4n) is 2.89. The third-order valence-electron chi connectivity index (χ3n) is 3.53. The van der Waals surface area contributed by atoms with Crippen LogP contribution in [0.3, 0.4) is 0 Å². The molecule has 2 rings (SSSR count). The summed E-state index contributed by atoms with van der Waals surface area (Å²) >= 11 is 0. The highest BCUT2D eigenvalue weighted by Crippen LogP contribution is 2.36. The Hall–Kier alpha value is -0.745. The molecule has 100 valence electrons. The molecular weight excluding hydrogens is 231 g/mol. The van der Waals surface area contributed by atoms with Gasteiger partial charge in [0.1, 0.15) is 13.4 Å². The molecule has 1 amide bonds. The Morgan fingerprint density at radius 3 is 2.78 bits per heavy atom. The maximum atomic E-state index is 11.8. The van der Waals surface area contributed by atoms with E-state index < -0.39 is 23.4 Å². The van der Waals surface area contributed by atoms with E-state index in [9.17, 15) is 9.90 Å². The van der Waals surface area contributed by atoms with Crippen LogP contribution in [0.4, 0.5) is 4.79 Å². The van der Waals surface area contributed by atoms with Crippen molar-refractivity contribution >= 4 is 13.9 Å². The number of hydrogen-bond donors (Lipinski definition) is 3. The van der Waals surface area contributed by atoms with Crippen LogP contribution in [-0.2, 0) is 4.74 Å². The van der Waals surface area contributed by atoms with E-state index >= 15 is 0 Å². The lowest BCUT2D eigenvalue weighted by molar-refractivity contribution is -0.00889. The molecule has 0 aromatic carbocycles. The zero-order valence-corrected chi connectivity index (χ0v) is 11.2. The summed E-state index contributed by atoms with van der Waals surface area (Å²) in [5.41, 5.74) is -2.11. The van der Waals surface area contributed by atoms with E-state index in [4.69, 9.17) is 12.6 Å². The van der Waals surface area contributed by atoms with Gasteiger partial charge in [-0.1, -0.05) is 0 Å². The number of fused-ring (bicyclic) bond motifs is 2. The van der Waals surface area contributed by atoms with Crippen LogP contribution >= 0.6 is 0 Å². The van der Waals surface area contributed by atoms with E-state index in [1.165, 1.54) is 0 Å². The Labute approximate surface area is 109 Å². The lowest BCUT2D eigenvalue weighted by atomic mass is 9.74. The number of hydrogen-bond acceptors (Lipinski definition) is 4. The summed E-state index contributed by atoms with van der Waals surface area (Å²) in [6.07, 6.45) is 2.33. The van der Waals surface area contributed by atoms with Crippen LogP contribution in [0.5, 0.6) is 0 Å². The molecule has 1 saturated carbocycles. The lowest BCUT2D eigenvalue weighted by Crippen LogP contribution is -2.68. The highest BCUT2D eigenvalue weighted by Gasteiger charge is 2.48. The number of alkyl carbamates (subject to hydrolysis) is 1. The zero-order valence-electron chi connectivity index (χ0n) is 11.2. The van der Waals surface area contributed by atoms with Gasteiger partial charge in [-0.15, -0.1) is 0 Å². The van der Waals surface area contributed by atoms with Gasteiger partial charge in [-0.25, -0.2) is 4.79 Å². The average molecular weight is 252 g/mol. The first kappa shape index (κ1) is 13.7. The fourth-order valence-corrected chi connectivity index (χ4v) is 2.89. The largest absolute Gasteiger partial charge is 0.444 e. The molecule has 2 fully saturated rings. The van der Waals surface area contributed by atoms with Crippen molar-refractivity contribution in [1.82, 2.24) is 10.6 Å². The predicted molar refractivity (Wildman–Crippen MR) is 68.1 cm³/mol. The number of carbonyl (C=O) groups excluding carboxylic acids is 1. The Morgan fingerprint density at radius 1 is 1.50 bits per heavy atom. The van der Waals surface area contributed by atoms with Crippen molar-refractivity contribution < 1.29 is 14.6 Å². The van der Waals surface area contributed by atoms with Crippen LogP contribution in [0, 0.1) is 5.92 Å². The molecule has 2 aliphatic rings. The van der Waals surface area contributed by atoms with Crippen molar-refractivity contribution in [3.8, 4) is 0 Å². The molecule has 2 bridgehead atoms. The molecule has 0 aromatic rings. The van der Waals surface area contributed by atoms with E-state index in [1.54, 1.807) is 20.8 Å². The molecule has 18 heavy (non-hydrogen) atoms. The normalized spacial score (nSPS) is 39.4. The Bertz CT molecular complexity index is 341. The predicted octanol–water partition coefficient (Wildman–Crippen LogP) is 0.466. The van der Waals surface area contributed by atoms with Gasteiger partial charge < -0.3 is 15.2 Å². The summed E-state index contributed by atoms with van der Waals surface area (Å²) in [6.45, 7) is 5.39. The van der Waals surface area contributed by atoms with Crippen LogP contribution in [0.25, 0.3) is 0 Å². The third kappa shape index (κ3) is 2.98. The van der Waals surface area contributed by atoms with Crippen molar-refractivity contribution in [2.75, 3.05) is 0 Å². The molecule has 2 radical (unpaired) electrons. The molecule has 1 aliphatic heterocycles. The van der Waals surface area contributed by atoms with Crippen LogP contribution in [0.2, 0.25) is 0 Å². The van der Waals surface area contributed by atoms with Crippen molar-refractivity contribution in [3.63, 3.8) is 0 Å². The SMILES string of the molecule is [B]C1(O)NC2CCC(C2)C1NC(=O)OC(C)(C)C. The Morgan fingerprint density at radius 2 is 2.17 bits per heavy atom. The van der Waals surface area contributed by atoms with Crippen LogP contribution in [0.15, 0.2) is 0 Å². The molecule has 1 saturated heterocycles. The second-order valence-corrected chi connectivity index (χ2v) is 6.36. The summed E-state index contributed by atoms with van der Waals surface area (Å²) in [4.78, 5) is 11.8. The summed E-state index contributed by atoms with van der Waals surface area (Å²) in [5, 5.41) is 15.8. The van der Waals surface area contributed by atoms with Gasteiger partial charge in [-0.2, -0.15) is 0 Å². The number of ether oxygens (including phenoxy) is 1. The monoisotopic (exact) mass is 252 g/mol. The van der Waals surface area contributed by atoms with Gasteiger partial charge in [0.25, 0.3) is 0 Å². The maximum absolute atomic E-state index is 11.8. The summed E-state index contributed by atoms with van der Waals surface area (Å²) in [5.74, 6) is 0.207. The van der Waals surface area contributed by atoms with Gasteiger partial charge in [0.05, 0.1) is 11.7 Å². The van der Waals surface area contributed by atoms with Gasteiger partial charge in [0.15, 0.2) is 0 Å². The van der Waals surface area contributed by atoms with Gasteiger partial charge in [-0.05, 0) is 46.0 Å². The lowest BCUT2D eigenvalue weighted by Gasteiger charge is -2.43. The van der Waals surface area contributed by atoms with E-state index in [0.717, 1.165) is 19.3 Å². The van der Waals surface area contributed by atoms with Gasteiger partial charge in [-0.3, -0.25) is 5.32 Å². The number of amides is 1. The van der Waals surface area contributed by atoms with Crippen molar-refractivity contribution in [1.29, 1.82) is 0 Å². The van der Waals surface area contributed by atoms with Crippen LogP contribution in [0.1, 0.15) is 40.0 Å². The molecule has 1 heterocycles. The molecule has 5 nitrogen and oxygen atoms in total. The minimum Gasteiger partial charge on any atom is -0.444 e. The minimum absolute atomic E-state index is 0.207. The summed E-state index contributed by atoms with van der Waals surface area (Å²) < 4.78 is 5.20. The standard InChI is InChI=1S/C12H21BN2O3/c1-11(2,3)18-10(16)14-9-7-4-5-8(6-7)15-12(9,13)17/h7-9,15,17H,4-6H2,1-3H3,(H,14,16). The number of rotatable bonds is 1. The number of aliphatic hydroxyl groups is 1. The first-order valence-electron chi connectivity index (χ1n) is 6.46. The smallest absolute Gasteiger partial charge is 0.408 e. The molecule has 4 atom stereocenters. The molecule has 0 aromatic heterocycles. The third-order valence-corrected chi connectivity index (χ3v) is 3.53. The first-order valence-corrected chi connectivity index (χ1v) is 6.46. The van der Waals surface area contributed by atoms with Gasteiger partial charge in [0, 0.05) is 6.04 Å². The van der Waals surface area contributed by atoms with Crippen molar-refractivity contribution in [2.24, 2.45) is 5.92 Å². The molecular formula is C12H21BN2O3. The topological polar surface area (TPSA) is 70.6 Å². The van der Waals surface area contributed by atoms with Crippen LogP contribution in [-0.4, -0.2) is 42.4 Å². The van der Waals surface area contributed by atoms with Crippen molar-refractivity contribution in [3.05, 3.63) is 0 Å². The van der Waals surface area contributed by atoms with E-state index in [0.29, 0.717) is 0 Å². The van der Waals surface area contributed by atoms with Gasteiger partial charge in [0.2, 0.25) is 0 Å². The Balaban J connectivity index is 2.00. The number of nitrogens with one attached hydrogen (secondary N) is 2. The minimum atomic E-state index is -1.55. The van der Waals surface area contributed by atoms with Gasteiger partial charge >= 0.3 is 6.09 Å². The first-order chi connectivity index (χ1) is 8.17. The van der Waals surface area contributed by atoms with E-state index in [1.807, 2.05) is 0 Å². The molecule has 4 unspecified atom stereocenters. The highest BCUT2D eigenvalue weighted by atomic mass is 16.6. The Kier molecular flexibility index (Phi) is 3.36. The average Bonchev–Trinajstić information content (AvgIpc) is 2.53. The summed E-state index contributed by atoms with van der Waals surface area (Å²) in [6, 6.07) is -0.257. The molecule has 1 aliphatic carbocycles. The van der Waals surface area contributed by atoms with E-state index in [2.05, 4.69) is 10.6 Å². The van der Waals surface area contributed by atoms with Crippen molar-refractivity contribution in [2.45, 2.75) is 63.3 Å². The second kappa shape index (κ2) is 4.42. The zero-order chi connectivity index (χ0) is 13.6. The number of piperidine rings is 1. The molecule has 0 spiro atoms. The summed E-state index contributed by atoms with van der Waals surface area (Å²) in [7, 11) is 5.83. The number of carbonyl (C=O) groups is 1. The van der Waals surface area contributed by atoms with E-state index in [-0.39, 0.29) is 12.0 Å². The molecule has 6 heteroatoms. The quantitative estimate of drug-likeness (QED) is 0.593. The second-order valence-electron chi connectivity index (χ2n) is 6.36. The fraction of sp³-hybridized carbons (Fsp3) is 0.917. The maximum Gasteiger partial charge on any atom is 0.408 e. The highest BCUT2D eigenvalue weighted by molar-refractivity contribution is 6.14. The molecule has 3 N–H and O–H groups in total.